The Bertz CT molecular complexity index is 1060. The highest BCUT2D eigenvalue weighted by Gasteiger charge is 2.11. The largest absolute Gasteiger partial charge is 0.455 e. The zero-order valence-electron chi connectivity index (χ0n) is 12.9. The molecule has 3 aromatic carbocycles. The summed E-state index contributed by atoms with van der Waals surface area (Å²) in [5.41, 5.74) is 3.73. The van der Waals surface area contributed by atoms with E-state index in [0.717, 1.165) is 39.1 Å². The molecule has 0 aliphatic heterocycles. The molecule has 116 valence electrons. The molecule has 0 amide bonds. The van der Waals surface area contributed by atoms with Crippen molar-refractivity contribution in [3.05, 3.63) is 79.4 Å². The minimum Gasteiger partial charge on any atom is -0.455 e. The van der Waals surface area contributed by atoms with Crippen LogP contribution in [0.15, 0.2) is 83.8 Å². The number of rotatable bonds is 3. The fourth-order valence-corrected chi connectivity index (χ4v) is 2.83. The molecule has 24 heavy (non-hydrogen) atoms. The lowest BCUT2D eigenvalue weighted by molar-refractivity contribution is -0.128. The molecule has 0 fully saturated rings. The van der Waals surface area contributed by atoms with Crippen LogP contribution in [0.1, 0.15) is 0 Å². The molecule has 1 heterocycles. The quantitative estimate of drug-likeness (QED) is 0.291. The smallest absolute Gasteiger partial charge is 0.335 e. The van der Waals surface area contributed by atoms with Gasteiger partial charge in [0.1, 0.15) is 16.9 Å². The third-order valence-electron chi connectivity index (χ3n) is 3.95. The van der Waals surface area contributed by atoms with Crippen molar-refractivity contribution >= 4 is 27.9 Å². The maximum atomic E-state index is 11.3. The number of carbonyl (C=O) groups is 1. The predicted octanol–water partition coefficient (Wildman–Crippen LogP) is 5.34. The summed E-state index contributed by atoms with van der Waals surface area (Å²) >= 11 is 0. The molecule has 0 spiro atoms. The number of carbonyl (C=O) groups excluding carboxylic acids is 1. The number of para-hydroxylation sites is 2. The molecule has 4 aromatic rings. The maximum Gasteiger partial charge on any atom is 0.335 e. The average Bonchev–Trinajstić information content (AvgIpc) is 3.01. The van der Waals surface area contributed by atoms with Crippen LogP contribution in [0.2, 0.25) is 0 Å². The predicted molar refractivity (Wildman–Crippen MR) is 95.0 cm³/mol. The number of hydrogen-bond acceptors (Lipinski definition) is 3. The second-order valence-electron chi connectivity index (χ2n) is 5.43. The first-order chi connectivity index (χ1) is 11.8. The SMILES string of the molecule is C=CC(=O)Oc1ccc(-c2cccc3c2oc2ccccc23)cc1. The minimum absolute atomic E-state index is 0.470. The second-order valence-corrected chi connectivity index (χ2v) is 5.43. The van der Waals surface area contributed by atoms with E-state index in [4.69, 9.17) is 9.15 Å². The van der Waals surface area contributed by atoms with Crippen molar-refractivity contribution < 1.29 is 13.9 Å². The van der Waals surface area contributed by atoms with Gasteiger partial charge >= 0.3 is 5.97 Å². The molecular formula is C21H14O3. The monoisotopic (exact) mass is 314 g/mol. The van der Waals surface area contributed by atoms with Gasteiger partial charge in [-0.2, -0.15) is 0 Å². The van der Waals surface area contributed by atoms with Gasteiger partial charge in [-0.15, -0.1) is 0 Å². The van der Waals surface area contributed by atoms with Gasteiger partial charge in [-0.3, -0.25) is 0 Å². The molecular weight excluding hydrogens is 300 g/mol. The Morgan fingerprint density at radius 2 is 1.67 bits per heavy atom. The number of fused-ring (bicyclic) bond motifs is 3. The third-order valence-corrected chi connectivity index (χ3v) is 3.95. The lowest BCUT2D eigenvalue weighted by Crippen LogP contribution is -2.02. The van der Waals surface area contributed by atoms with Crippen molar-refractivity contribution in [1.29, 1.82) is 0 Å². The van der Waals surface area contributed by atoms with Crippen LogP contribution in [-0.2, 0) is 4.79 Å². The van der Waals surface area contributed by atoms with Gasteiger partial charge in [-0.1, -0.05) is 55.1 Å². The van der Waals surface area contributed by atoms with Gasteiger partial charge in [0.05, 0.1) is 0 Å². The van der Waals surface area contributed by atoms with E-state index in [9.17, 15) is 4.79 Å². The zero-order chi connectivity index (χ0) is 16.5. The van der Waals surface area contributed by atoms with Crippen LogP contribution in [0.25, 0.3) is 33.1 Å². The highest BCUT2D eigenvalue weighted by molar-refractivity contribution is 6.09. The van der Waals surface area contributed by atoms with E-state index < -0.39 is 5.97 Å². The Balaban J connectivity index is 1.81. The summed E-state index contributed by atoms with van der Waals surface area (Å²) in [6, 6.07) is 21.4. The second kappa shape index (κ2) is 5.70. The number of benzene rings is 3. The van der Waals surface area contributed by atoms with Crippen molar-refractivity contribution in [1.82, 2.24) is 0 Å². The van der Waals surface area contributed by atoms with Gasteiger partial charge in [0, 0.05) is 22.4 Å². The molecule has 3 nitrogen and oxygen atoms in total. The number of esters is 1. The average molecular weight is 314 g/mol. The van der Waals surface area contributed by atoms with E-state index in [1.165, 1.54) is 0 Å². The molecule has 0 bridgehead atoms. The van der Waals surface area contributed by atoms with Crippen LogP contribution in [-0.4, -0.2) is 5.97 Å². The fraction of sp³-hybridized carbons (Fsp3) is 0. The summed E-state index contributed by atoms with van der Waals surface area (Å²) in [6.07, 6.45) is 1.14. The minimum atomic E-state index is -0.470. The Hall–Kier alpha value is -3.33. The summed E-state index contributed by atoms with van der Waals surface area (Å²) in [6.45, 7) is 3.39. The molecule has 0 saturated heterocycles. The summed E-state index contributed by atoms with van der Waals surface area (Å²) in [4.78, 5) is 11.3. The third kappa shape index (κ3) is 2.36. The number of hydrogen-bond donors (Lipinski definition) is 0. The van der Waals surface area contributed by atoms with Gasteiger partial charge in [0.25, 0.3) is 0 Å². The van der Waals surface area contributed by atoms with Crippen molar-refractivity contribution in [2.24, 2.45) is 0 Å². The van der Waals surface area contributed by atoms with Gasteiger partial charge in [-0.05, 0) is 23.8 Å². The van der Waals surface area contributed by atoms with Gasteiger partial charge in [0.2, 0.25) is 0 Å². The van der Waals surface area contributed by atoms with Gasteiger partial charge in [-0.25, -0.2) is 4.79 Å². The van der Waals surface area contributed by atoms with Crippen LogP contribution in [0.3, 0.4) is 0 Å². The molecule has 0 atom stereocenters. The summed E-state index contributed by atoms with van der Waals surface area (Å²) < 4.78 is 11.2. The van der Waals surface area contributed by atoms with E-state index >= 15 is 0 Å². The summed E-state index contributed by atoms with van der Waals surface area (Å²) in [5, 5.41) is 2.19. The zero-order valence-corrected chi connectivity index (χ0v) is 12.9. The van der Waals surface area contributed by atoms with E-state index in [2.05, 4.69) is 18.7 Å². The normalized spacial score (nSPS) is 10.8. The van der Waals surface area contributed by atoms with Crippen molar-refractivity contribution in [2.45, 2.75) is 0 Å². The van der Waals surface area contributed by atoms with Crippen LogP contribution in [0.4, 0.5) is 0 Å². The van der Waals surface area contributed by atoms with Gasteiger partial charge < -0.3 is 9.15 Å². The molecule has 0 saturated carbocycles. The fourth-order valence-electron chi connectivity index (χ4n) is 2.83. The molecule has 0 aliphatic rings. The Kier molecular flexibility index (Phi) is 3.39. The topological polar surface area (TPSA) is 39.4 Å². The lowest BCUT2D eigenvalue weighted by Gasteiger charge is -2.05. The van der Waals surface area contributed by atoms with Crippen molar-refractivity contribution in [2.75, 3.05) is 0 Å². The van der Waals surface area contributed by atoms with E-state index in [1.54, 1.807) is 12.1 Å². The molecule has 3 heteroatoms. The summed E-state index contributed by atoms with van der Waals surface area (Å²) in [7, 11) is 0. The van der Waals surface area contributed by atoms with Crippen LogP contribution < -0.4 is 4.74 Å². The Labute approximate surface area is 138 Å². The number of furan rings is 1. The molecule has 0 N–H and O–H groups in total. The number of ether oxygens (including phenoxy) is 1. The van der Waals surface area contributed by atoms with E-state index in [-0.39, 0.29) is 0 Å². The van der Waals surface area contributed by atoms with Crippen LogP contribution in [0.5, 0.6) is 5.75 Å². The first kappa shape index (κ1) is 14.3. The van der Waals surface area contributed by atoms with Crippen LogP contribution >= 0.6 is 0 Å². The molecule has 0 radical (unpaired) electrons. The van der Waals surface area contributed by atoms with Gasteiger partial charge in [0.15, 0.2) is 0 Å². The van der Waals surface area contributed by atoms with E-state index in [1.807, 2.05) is 42.5 Å². The Morgan fingerprint density at radius 3 is 2.46 bits per heavy atom. The standard InChI is InChI=1S/C21H14O3/c1-2-20(22)23-15-12-10-14(11-13-15)16-7-5-8-18-17-6-3-4-9-19(17)24-21(16)18/h2-13H,1H2. The summed E-state index contributed by atoms with van der Waals surface area (Å²) in [5.74, 6) is 0.0163. The Morgan fingerprint density at radius 1 is 0.917 bits per heavy atom. The highest BCUT2D eigenvalue weighted by atomic mass is 16.5. The molecule has 0 unspecified atom stereocenters. The first-order valence-electron chi connectivity index (χ1n) is 7.61. The highest BCUT2D eigenvalue weighted by Crippen LogP contribution is 2.35. The molecule has 0 aliphatic carbocycles. The molecule has 4 rings (SSSR count). The van der Waals surface area contributed by atoms with E-state index in [0.29, 0.717) is 5.75 Å². The maximum absolute atomic E-state index is 11.3. The van der Waals surface area contributed by atoms with Crippen molar-refractivity contribution in [3.63, 3.8) is 0 Å². The lowest BCUT2D eigenvalue weighted by atomic mass is 10.0. The van der Waals surface area contributed by atoms with Crippen LogP contribution in [0, 0.1) is 0 Å². The van der Waals surface area contributed by atoms with Crippen molar-refractivity contribution in [3.8, 4) is 16.9 Å². The molecule has 1 aromatic heterocycles. The first-order valence-corrected chi connectivity index (χ1v) is 7.61.